The molecule has 0 amide bonds. The molecule has 5 nitrogen and oxygen atoms in total. The van der Waals surface area contributed by atoms with Gasteiger partial charge >= 0.3 is 5.97 Å². The van der Waals surface area contributed by atoms with Crippen LogP contribution >= 0.6 is 0 Å². The summed E-state index contributed by atoms with van der Waals surface area (Å²) >= 11 is 0. The second kappa shape index (κ2) is 4.03. The van der Waals surface area contributed by atoms with Crippen LogP contribution < -0.4 is 0 Å². The zero-order valence-electron chi connectivity index (χ0n) is 9.47. The summed E-state index contributed by atoms with van der Waals surface area (Å²) in [5.74, 6) is -0.960. The fraction of sp³-hybridized carbons (Fsp3) is 0.0769. The summed E-state index contributed by atoms with van der Waals surface area (Å²) in [6.45, 7) is 0. The summed E-state index contributed by atoms with van der Waals surface area (Å²) in [5.41, 5.74) is 2.94. The number of carboxylic acid groups (broad SMARTS) is 1. The van der Waals surface area contributed by atoms with Crippen molar-refractivity contribution in [1.29, 1.82) is 0 Å². The number of aromatic amines is 2. The molecule has 2 aromatic heterocycles. The van der Waals surface area contributed by atoms with Crippen LogP contribution in [-0.4, -0.2) is 26.3 Å². The van der Waals surface area contributed by atoms with Gasteiger partial charge in [-0.3, -0.25) is 5.10 Å². The number of para-hydroxylation sites is 1. The van der Waals surface area contributed by atoms with Gasteiger partial charge in [0.2, 0.25) is 0 Å². The summed E-state index contributed by atoms with van der Waals surface area (Å²) < 4.78 is 0. The Morgan fingerprint density at radius 3 is 3.00 bits per heavy atom. The molecule has 3 N–H and O–H groups in total. The van der Waals surface area contributed by atoms with E-state index >= 15 is 0 Å². The highest BCUT2D eigenvalue weighted by Gasteiger charge is 2.14. The van der Waals surface area contributed by atoms with E-state index in [4.69, 9.17) is 5.11 Å². The van der Waals surface area contributed by atoms with Crippen molar-refractivity contribution in [3.8, 4) is 0 Å². The zero-order valence-corrected chi connectivity index (χ0v) is 9.47. The summed E-state index contributed by atoms with van der Waals surface area (Å²) in [6.07, 6.45) is 3.76. The van der Waals surface area contributed by atoms with Gasteiger partial charge in [-0.15, -0.1) is 0 Å². The average molecular weight is 241 g/mol. The summed E-state index contributed by atoms with van der Waals surface area (Å²) in [6, 6.07) is 7.92. The van der Waals surface area contributed by atoms with Crippen LogP contribution in [0.5, 0.6) is 0 Å². The first-order valence-electron chi connectivity index (χ1n) is 5.56. The van der Waals surface area contributed by atoms with Crippen molar-refractivity contribution >= 4 is 16.9 Å². The van der Waals surface area contributed by atoms with Crippen LogP contribution in [-0.2, 0) is 6.42 Å². The Morgan fingerprint density at radius 2 is 2.17 bits per heavy atom. The highest BCUT2D eigenvalue weighted by Crippen LogP contribution is 2.21. The Balaban J connectivity index is 2.02. The van der Waals surface area contributed by atoms with Crippen LogP contribution in [0.4, 0.5) is 0 Å². The maximum Gasteiger partial charge on any atom is 0.339 e. The lowest BCUT2D eigenvalue weighted by Gasteiger charge is -1.99. The normalized spacial score (nSPS) is 10.9. The second-order valence-corrected chi connectivity index (χ2v) is 4.10. The van der Waals surface area contributed by atoms with Gasteiger partial charge in [-0.25, -0.2) is 4.79 Å². The van der Waals surface area contributed by atoms with Gasteiger partial charge in [0.15, 0.2) is 0 Å². The van der Waals surface area contributed by atoms with Crippen molar-refractivity contribution in [2.75, 3.05) is 0 Å². The molecule has 0 bridgehead atoms. The number of aromatic nitrogens is 3. The lowest BCUT2D eigenvalue weighted by molar-refractivity contribution is 0.0696. The minimum atomic E-state index is -0.960. The molecular weight excluding hydrogens is 230 g/mol. The van der Waals surface area contributed by atoms with Crippen LogP contribution in [0.3, 0.4) is 0 Å². The standard InChI is InChI=1S/C13H11N3O2/c17-13(18)10-7-15-16-12(10)5-8-6-14-11-4-2-1-3-9(8)11/h1-4,6-7,14H,5H2,(H,15,16)(H,17,18). The van der Waals surface area contributed by atoms with Crippen molar-refractivity contribution < 1.29 is 9.90 Å². The molecule has 5 heteroatoms. The molecule has 0 saturated heterocycles. The van der Waals surface area contributed by atoms with Gasteiger partial charge in [-0.1, -0.05) is 18.2 Å². The number of nitrogens with one attached hydrogen (secondary N) is 2. The van der Waals surface area contributed by atoms with E-state index in [9.17, 15) is 4.79 Å². The van der Waals surface area contributed by atoms with Gasteiger partial charge < -0.3 is 10.1 Å². The number of hydrogen-bond donors (Lipinski definition) is 3. The van der Waals surface area contributed by atoms with Crippen molar-refractivity contribution in [3.05, 3.63) is 53.5 Å². The first-order chi connectivity index (χ1) is 8.75. The van der Waals surface area contributed by atoms with Gasteiger partial charge in [0, 0.05) is 23.5 Å². The average Bonchev–Trinajstić information content (AvgIpc) is 2.97. The lowest BCUT2D eigenvalue weighted by atomic mass is 10.1. The predicted molar refractivity (Wildman–Crippen MR) is 66.7 cm³/mol. The maximum absolute atomic E-state index is 11.0. The van der Waals surface area contributed by atoms with Crippen LogP contribution in [0.15, 0.2) is 36.7 Å². The first kappa shape index (κ1) is 10.6. The molecule has 0 saturated carbocycles. The molecule has 18 heavy (non-hydrogen) atoms. The quantitative estimate of drug-likeness (QED) is 0.657. The molecule has 3 aromatic rings. The fourth-order valence-corrected chi connectivity index (χ4v) is 2.10. The van der Waals surface area contributed by atoms with E-state index in [0.29, 0.717) is 12.1 Å². The third-order valence-corrected chi connectivity index (χ3v) is 2.99. The molecule has 0 aliphatic carbocycles. The van der Waals surface area contributed by atoms with Gasteiger partial charge in [0.25, 0.3) is 0 Å². The number of nitrogens with zero attached hydrogens (tertiary/aromatic N) is 1. The Bertz CT molecular complexity index is 712. The smallest absolute Gasteiger partial charge is 0.339 e. The van der Waals surface area contributed by atoms with Crippen LogP contribution in [0.2, 0.25) is 0 Å². The van der Waals surface area contributed by atoms with Crippen LogP contribution in [0.25, 0.3) is 10.9 Å². The number of hydrogen-bond acceptors (Lipinski definition) is 2. The van der Waals surface area contributed by atoms with E-state index in [1.807, 2.05) is 30.5 Å². The van der Waals surface area contributed by atoms with Gasteiger partial charge in [0.1, 0.15) is 5.56 Å². The molecule has 0 radical (unpaired) electrons. The topological polar surface area (TPSA) is 81.8 Å². The molecule has 0 unspecified atom stereocenters. The van der Waals surface area contributed by atoms with Gasteiger partial charge in [-0.05, 0) is 11.6 Å². The third kappa shape index (κ3) is 1.66. The Labute approximate surface area is 102 Å². The van der Waals surface area contributed by atoms with Gasteiger partial charge in [-0.2, -0.15) is 5.10 Å². The number of carboxylic acids is 1. The molecule has 0 spiro atoms. The van der Waals surface area contributed by atoms with Crippen molar-refractivity contribution in [2.24, 2.45) is 0 Å². The zero-order chi connectivity index (χ0) is 12.5. The Kier molecular flexibility index (Phi) is 2.37. The molecule has 1 aromatic carbocycles. The van der Waals surface area contributed by atoms with Gasteiger partial charge in [0.05, 0.1) is 11.9 Å². The maximum atomic E-state index is 11.0. The van der Waals surface area contributed by atoms with E-state index in [1.54, 1.807) is 0 Å². The van der Waals surface area contributed by atoms with E-state index < -0.39 is 5.97 Å². The molecule has 90 valence electrons. The Hall–Kier alpha value is -2.56. The van der Waals surface area contributed by atoms with Crippen molar-refractivity contribution in [1.82, 2.24) is 15.2 Å². The number of aromatic carboxylic acids is 1. The number of H-pyrrole nitrogens is 2. The summed E-state index contributed by atoms with van der Waals surface area (Å²) in [7, 11) is 0. The largest absolute Gasteiger partial charge is 0.478 e. The third-order valence-electron chi connectivity index (χ3n) is 2.99. The van der Waals surface area contributed by atoms with Crippen LogP contribution in [0, 0.1) is 0 Å². The molecule has 0 fully saturated rings. The number of fused-ring (bicyclic) bond motifs is 1. The summed E-state index contributed by atoms with van der Waals surface area (Å²) in [4.78, 5) is 14.2. The number of benzene rings is 1. The minimum Gasteiger partial charge on any atom is -0.478 e. The molecular formula is C13H11N3O2. The molecule has 0 aliphatic heterocycles. The number of carbonyl (C=O) groups is 1. The van der Waals surface area contributed by atoms with E-state index in [2.05, 4.69) is 15.2 Å². The van der Waals surface area contributed by atoms with Crippen molar-refractivity contribution in [2.45, 2.75) is 6.42 Å². The fourth-order valence-electron chi connectivity index (χ4n) is 2.10. The minimum absolute atomic E-state index is 0.222. The first-order valence-corrected chi connectivity index (χ1v) is 5.56. The predicted octanol–water partition coefficient (Wildman–Crippen LogP) is 2.18. The van der Waals surface area contributed by atoms with Crippen LogP contribution in [0.1, 0.15) is 21.6 Å². The van der Waals surface area contributed by atoms with E-state index in [0.717, 1.165) is 16.5 Å². The highest BCUT2D eigenvalue weighted by atomic mass is 16.4. The molecule has 2 heterocycles. The lowest BCUT2D eigenvalue weighted by Crippen LogP contribution is -2.00. The molecule has 3 rings (SSSR count). The molecule has 0 aliphatic rings. The van der Waals surface area contributed by atoms with E-state index in [1.165, 1.54) is 6.20 Å². The second-order valence-electron chi connectivity index (χ2n) is 4.10. The number of rotatable bonds is 3. The SMILES string of the molecule is O=C(O)c1cn[nH]c1Cc1c[nH]c2ccccc12. The monoisotopic (exact) mass is 241 g/mol. The summed E-state index contributed by atoms with van der Waals surface area (Å²) in [5, 5.41) is 16.7. The van der Waals surface area contributed by atoms with Crippen molar-refractivity contribution in [3.63, 3.8) is 0 Å². The van der Waals surface area contributed by atoms with E-state index in [-0.39, 0.29) is 5.56 Å². The molecule has 0 atom stereocenters. The highest BCUT2D eigenvalue weighted by molar-refractivity contribution is 5.89. The Morgan fingerprint density at radius 1 is 1.33 bits per heavy atom.